The Labute approximate surface area is 99.5 Å². The van der Waals surface area contributed by atoms with Gasteiger partial charge < -0.3 is 0 Å². The highest BCUT2D eigenvalue weighted by atomic mass is 79.9. The summed E-state index contributed by atoms with van der Waals surface area (Å²) >= 11 is 2.93. The SMILES string of the molecule is O=C1NC(=O)N(c2ccccc2)C(=O)[C@@H]1Br. The van der Waals surface area contributed by atoms with E-state index < -0.39 is 22.7 Å². The first-order chi connectivity index (χ1) is 7.61. The molecular weight excluding hydrogens is 276 g/mol. The Morgan fingerprint density at radius 3 is 2.38 bits per heavy atom. The normalized spacial score (nSPS) is 20.9. The molecule has 1 atom stereocenters. The van der Waals surface area contributed by atoms with Crippen molar-refractivity contribution >= 4 is 39.5 Å². The summed E-state index contributed by atoms with van der Waals surface area (Å²) in [6.07, 6.45) is 0. The number of carbonyl (C=O) groups excluding carboxylic acids is 3. The number of urea groups is 1. The zero-order valence-corrected chi connectivity index (χ0v) is 9.60. The van der Waals surface area contributed by atoms with E-state index in [0.717, 1.165) is 4.90 Å². The number of barbiturate groups is 1. The maximum Gasteiger partial charge on any atom is 0.335 e. The number of nitrogens with zero attached hydrogens (tertiary/aromatic N) is 1. The molecule has 6 heteroatoms. The molecule has 1 N–H and O–H groups in total. The molecular formula is C10H7BrN2O3. The van der Waals surface area contributed by atoms with Gasteiger partial charge in [-0.05, 0) is 12.1 Å². The number of nitrogens with one attached hydrogen (secondary N) is 1. The van der Waals surface area contributed by atoms with E-state index in [4.69, 9.17) is 0 Å². The van der Waals surface area contributed by atoms with Gasteiger partial charge in [0.05, 0.1) is 5.69 Å². The van der Waals surface area contributed by atoms with Crippen LogP contribution >= 0.6 is 15.9 Å². The lowest BCUT2D eigenvalue weighted by Crippen LogP contribution is -2.58. The number of carbonyl (C=O) groups is 3. The van der Waals surface area contributed by atoms with Crippen LogP contribution in [0.5, 0.6) is 0 Å². The first kappa shape index (κ1) is 10.8. The molecule has 1 saturated heterocycles. The first-order valence-corrected chi connectivity index (χ1v) is 5.41. The van der Waals surface area contributed by atoms with E-state index in [-0.39, 0.29) is 0 Å². The Morgan fingerprint density at radius 2 is 1.75 bits per heavy atom. The van der Waals surface area contributed by atoms with Crippen LogP contribution in [0.25, 0.3) is 0 Å². The van der Waals surface area contributed by atoms with Gasteiger partial charge in [-0.3, -0.25) is 14.9 Å². The van der Waals surface area contributed by atoms with E-state index in [1.165, 1.54) is 0 Å². The molecule has 0 unspecified atom stereocenters. The van der Waals surface area contributed by atoms with Crippen LogP contribution in [-0.2, 0) is 9.59 Å². The van der Waals surface area contributed by atoms with E-state index in [1.807, 2.05) is 0 Å². The summed E-state index contributed by atoms with van der Waals surface area (Å²) < 4.78 is 0. The second-order valence-corrected chi connectivity index (χ2v) is 4.08. The van der Waals surface area contributed by atoms with Gasteiger partial charge in [-0.15, -0.1) is 0 Å². The molecule has 2 rings (SSSR count). The zero-order valence-electron chi connectivity index (χ0n) is 8.01. The summed E-state index contributed by atoms with van der Waals surface area (Å²) in [7, 11) is 0. The average molecular weight is 283 g/mol. The van der Waals surface area contributed by atoms with Gasteiger partial charge in [-0.25, -0.2) is 9.69 Å². The fourth-order valence-electron chi connectivity index (χ4n) is 1.37. The molecule has 1 heterocycles. The van der Waals surface area contributed by atoms with E-state index >= 15 is 0 Å². The van der Waals surface area contributed by atoms with Crippen LogP contribution in [0.15, 0.2) is 30.3 Å². The number of anilines is 1. The third kappa shape index (κ3) is 1.71. The molecule has 0 aromatic heterocycles. The fourth-order valence-corrected chi connectivity index (χ4v) is 1.69. The predicted octanol–water partition coefficient (Wildman–Crippen LogP) is 1.03. The summed E-state index contributed by atoms with van der Waals surface area (Å²) in [4.78, 5) is 34.3. The van der Waals surface area contributed by atoms with Crippen molar-refractivity contribution < 1.29 is 14.4 Å². The number of halogens is 1. The Bertz CT molecular complexity index is 460. The summed E-state index contributed by atoms with van der Waals surface area (Å²) in [5.41, 5.74) is 0.432. The van der Waals surface area contributed by atoms with E-state index in [1.54, 1.807) is 30.3 Å². The molecule has 4 amide bonds. The number of amides is 4. The van der Waals surface area contributed by atoms with E-state index in [2.05, 4.69) is 21.2 Å². The maximum absolute atomic E-state index is 11.7. The second-order valence-electron chi connectivity index (χ2n) is 3.17. The Morgan fingerprint density at radius 1 is 1.12 bits per heavy atom. The minimum atomic E-state index is -1.02. The fraction of sp³-hybridized carbons (Fsp3) is 0.100. The van der Waals surface area contributed by atoms with Gasteiger partial charge in [0, 0.05) is 0 Å². The smallest absolute Gasteiger partial charge is 0.276 e. The number of para-hydroxylation sites is 1. The third-order valence-corrected chi connectivity index (χ3v) is 2.92. The molecule has 1 aliphatic heterocycles. The lowest BCUT2D eigenvalue weighted by atomic mass is 10.2. The molecule has 16 heavy (non-hydrogen) atoms. The molecule has 0 bridgehead atoms. The Balaban J connectivity index is 2.38. The van der Waals surface area contributed by atoms with Gasteiger partial charge in [-0.2, -0.15) is 0 Å². The van der Waals surface area contributed by atoms with Crippen LogP contribution in [-0.4, -0.2) is 22.7 Å². The molecule has 0 saturated carbocycles. The lowest BCUT2D eigenvalue weighted by molar-refractivity contribution is -0.127. The number of benzene rings is 1. The molecule has 1 aromatic rings. The van der Waals surface area contributed by atoms with Crippen molar-refractivity contribution in [1.82, 2.24) is 5.32 Å². The number of imide groups is 2. The van der Waals surface area contributed by atoms with Crippen molar-refractivity contribution in [1.29, 1.82) is 0 Å². The first-order valence-electron chi connectivity index (χ1n) is 4.49. The van der Waals surface area contributed by atoms with Crippen LogP contribution in [0, 0.1) is 0 Å². The van der Waals surface area contributed by atoms with Crippen molar-refractivity contribution in [2.45, 2.75) is 4.83 Å². The summed E-state index contributed by atoms with van der Waals surface area (Å²) in [5.74, 6) is -1.22. The van der Waals surface area contributed by atoms with Crippen LogP contribution in [0.3, 0.4) is 0 Å². The minimum Gasteiger partial charge on any atom is -0.276 e. The Hall–Kier alpha value is -1.69. The zero-order chi connectivity index (χ0) is 11.7. The van der Waals surface area contributed by atoms with Crippen molar-refractivity contribution in [3.63, 3.8) is 0 Å². The third-order valence-electron chi connectivity index (χ3n) is 2.12. The summed E-state index contributed by atoms with van der Waals surface area (Å²) in [6, 6.07) is 7.69. The van der Waals surface area contributed by atoms with Crippen LogP contribution in [0.1, 0.15) is 0 Å². The second kappa shape index (κ2) is 4.05. The number of alkyl halides is 1. The van der Waals surface area contributed by atoms with E-state index in [0.29, 0.717) is 5.69 Å². The topological polar surface area (TPSA) is 66.5 Å². The average Bonchev–Trinajstić information content (AvgIpc) is 2.28. The highest BCUT2D eigenvalue weighted by Crippen LogP contribution is 2.20. The van der Waals surface area contributed by atoms with Crippen LogP contribution in [0.2, 0.25) is 0 Å². The monoisotopic (exact) mass is 282 g/mol. The molecule has 5 nitrogen and oxygen atoms in total. The largest absolute Gasteiger partial charge is 0.335 e. The predicted molar refractivity (Wildman–Crippen MR) is 60.2 cm³/mol. The molecule has 1 aromatic carbocycles. The van der Waals surface area contributed by atoms with Crippen LogP contribution < -0.4 is 10.2 Å². The van der Waals surface area contributed by atoms with Gasteiger partial charge in [0.2, 0.25) is 0 Å². The molecule has 0 radical (unpaired) electrons. The number of rotatable bonds is 1. The summed E-state index contributed by atoms with van der Waals surface area (Å²) in [5, 5.41) is 2.09. The maximum atomic E-state index is 11.7. The van der Waals surface area contributed by atoms with E-state index in [9.17, 15) is 14.4 Å². The quantitative estimate of drug-likeness (QED) is 0.618. The van der Waals surface area contributed by atoms with Gasteiger partial charge >= 0.3 is 6.03 Å². The van der Waals surface area contributed by atoms with Crippen molar-refractivity contribution in [2.75, 3.05) is 4.90 Å². The van der Waals surface area contributed by atoms with Crippen molar-refractivity contribution in [2.24, 2.45) is 0 Å². The lowest BCUT2D eigenvalue weighted by Gasteiger charge is -2.27. The van der Waals surface area contributed by atoms with Gasteiger partial charge in [0.15, 0.2) is 4.83 Å². The van der Waals surface area contributed by atoms with Crippen molar-refractivity contribution in [3.05, 3.63) is 30.3 Å². The van der Waals surface area contributed by atoms with Gasteiger partial charge in [0.1, 0.15) is 0 Å². The van der Waals surface area contributed by atoms with Crippen LogP contribution in [0.4, 0.5) is 10.5 Å². The highest BCUT2D eigenvalue weighted by molar-refractivity contribution is 9.10. The molecule has 0 aliphatic carbocycles. The van der Waals surface area contributed by atoms with Gasteiger partial charge in [-0.1, -0.05) is 34.1 Å². The summed E-state index contributed by atoms with van der Waals surface area (Å²) in [6.45, 7) is 0. The highest BCUT2D eigenvalue weighted by Gasteiger charge is 2.39. The standard InChI is InChI=1S/C10H7BrN2O3/c11-7-8(14)12-10(16)13(9(7)15)6-4-2-1-3-5-6/h1-5,7H,(H,12,14,16)/t7-/m1/s1. The molecule has 0 spiro atoms. The minimum absolute atomic E-state index is 0.432. The molecule has 1 aliphatic rings. The van der Waals surface area contributed by atoms with Crippen molar-refractivity contribution in [3.8, 4) is 0 Å². The molecule has 82 valence electrons. The Kier molecular flexibility index (Phi) is 2.74. The van der Waals surface area contributed by atoms with Gasteiger partial charge in [0.25, 0.3) is 11.8 Å². The number of hydrogen-bond acceptors (Lipinski definition) is 3. The number of hydrogen-bond donors (Lipinski definition) is 1. The molecule has 1 fully saturated rings.